The third-order valence-corrected chi connectivity index (χ3v) is 24.4. The van der Waals surface area contributed by atoms with Crippen LogP contribution < -0.4 is 44.9 Å². The van der Waals surface area contributed by atoms with Gasteiger partial charge >= 0.3 is 40.5 Å². The van der Waals surface area contributed by atoms with Gasteiger partial charge in [0.2, 0.25) is 21.8 Å². The average molecular weight is 1550 g/mol. The number of amides is 7. The SMILES string of the molecule is COc1ccc2c(OCC[C@@H]3NC(=O)N(C)CCCC/C=C\[C@@H]4C[C@@]4(C(=O)NS(=O)(=O)C4(C)CC4)NC3=O)cc(-n3ccc(C(F)(F)F)n3)nc2c1Cl.COc1ccc2c(OCC[C@@H]3NC(=O)N(C)CCCC/C=C\[C@@H]4C[C@@]4(C(=O)OS(=O)(=O)C4(C)CC4)NC3=O)cc(-n3ccc(C(F)(F)F)n3)nc2c1C. The molecule has 6 aliphatic rings. The number of ether oxygens (including phenoxy) is 4. The fraction of sp³-hybridized carbons (Fsp3) is 0.507. The highest BCUT2D eigenvalue weighted by atomic mass is 35.5. The van der Waals surface area contributed by atoms with Crippen LogP contribution in [0.15, 0.2) is 85.2 Å². The fourth-order valence-corrected chi connectivity index (χ4v) is 15.0. The van der Waals surface area contributed by atoms with Gasteiger partial charge in [-0.15, -0.1) is 0 Å². The van der Waals surface area contributed by atoms with Crippen LogP contribution in [-0.4, -0.2) is 179 Å². The molecule has 2 aromatic carbocycles. The van der Waals surface area contributed by atoms with E-state index in [-0.39, 0.29) is 78.3 Å². The molecule has 0 spiro atoms. The highest BCUT2D eigenvalue weighted by molar-refractivity contribution is 7.91. The van der Waals surface area contributed by atoms with E-state index in [9.17, 15) is 71.9 Å². The Morgan fingerprint density at radius 2 is 1.08 bits per heavy atom. The van der Waals surface area contributed by atoms with Gasteiger partial charge in [-0.3, -0.25) is 19.1 Å². The Kier molecular flexibility index (Phi) is 22.0. The van der Waals surface area contributed by atoms with Crippen LogP contribution in [0.1, 0.15) is 121 Å². The first-order valence-corrected chi connectivity index (χ1v) is 37.5. The zero-order chi connectivity index (χ0) is 76.7. The molecule has 37 heteroatoms. The Hall–Kier alpha value is -9.45. The molecule has 0 unspecified atom stereocenters. The van der Waals surface area contributed by atoms with Gasteiger partial charge in [-0.25, -0.2) is 42.1 Å². The molecule has 28 nitrogen and oxygen atoms in total. The van der Waals surface area contributed by atoms with Crippen LogP contribution in [0.25, 0.3) is 33.4 Å². The van der Waals surface area contributed by atoms with Gasteiger partial charge in [-0.2, -0.15) is 45.0 Å². The number of rotatable bonds is 18. The molecule has 0 bridgehead atoms. The molecule has 0 radical (unpaired) electrons. The van der Waals surface area contributed by atoms with Crippen molar-refractivity contribution in [3.63, 3.8) is 0 Å². The summed E-state index contributed by atoms with van der Waals surface area (Å²) in [4.78, 5) is 93.3. The summed E-state index contributed by atoms with van der Waals surface area (Å²) in [6.45, 7) is 5.20. The van der Waals surface area contributed by atoms with E-state index in [1.807, 2.05) is 12.2 Å². The number of fused-ring (bicyclic) bond motifs is 4. The van der Waals surface area contributed by atoms with Crippen molar-refractivity contribution in [2.45, 2.75) is 156 Å². The maximum Gasteiger partial charge on any atom is 0.435 e. The minimum absolute atomic E-state index is 0.0216. The maximum atomic E-state index is 14.0. The van der Waals surface area contributed by atoms with E-state index in [0.717, 1.165) is 46.7 Å². The number of urea groups is 2. The Labute approximate surface area is 610 Å². The van der Waals surface area contributed by atoms with Gasteiger partial charge in [0, 0.05) is 92.7 Å². The predicted molar refractivity (Wildman–Crippen MR) is 372 cm³/mol. The number of benzene rings is 2. The van der Waals surface area contributed by atoms with E-state index in [1.165, 1.54) is 43.1 Å². The van der Waals surface area contributed by atoms with Gasteiger partial charge in [0.25, 0.3) is 5.91 Å². The zero-order valence-electron chi connectivity index (χ0n) is 58.8. The minimum atomic E-state index is -4.70. The molecule has 106 heavy (non-hydrogen) atoms. The third kappa shape index (κ3) is 16.7. The fourth-order valence-electron chi connectivity index (χ4n) is 12.2. The monoisotopic (exact) mass is 1540 g/mol. The van der Waals surface area contributed by atoms with Gasteiger partial charge in [0.05, 0.1) is 43.2 Å². The van der Waals surface area contributed by atoms with Crippen molar-refractivity contribution in [2.75, 3.05) is 54.6 Å². The smallest absolute Gasteiger partial charge is 0.435 e. The number of aryl methyl sites for hydroxylation is 1. The van der Waals surface area contributed by atoms with Crippen LogP contribution in [0.2, 0.25) is 5.02 Å². The van der Waals surface area contributed by atoms with Crippen molar-refractivity contribution >= 4 is 89.3 Å². The molecule has 12 rings (SSSR count). The number of nitrogens with one attached hydrogen (secondary N) is 5. The normalized spacial score (nSPS) is 23.9. The number of hydrogen-bond donors (Lipinski definition) is 5. The molecule has 6 atom stereocenters. The molecule has 6 heterocycles. The van der Waals surface area contributed by atoms with Gasteiger partial charge in [0.15, 0.2) is 23.0 Å². The number of carbonyl (C=O) groups excluding carboxylic acids is 6. The molecule has 4 saturated carbocycles. The van der Waals surface area contributed by atoms with Crippen molar-refractivity contribution in [2.24, 2.45) is 11.8 Å². The number of allylic oxidation sites excluding steroid dienone is 2. The Bertz CT molecular complexity index is 4430. The van der Waals surface area contributed by atoms with Gasteiger partial charge in [-0.05, 0) is 134 Å². The lowest BCUT2D eigenvalue weighted by Gasteiger charge is -2.26. The summed E-state index contributed by atoms with van der Waals surface area (Å²) in [6, 6.07) is 7.29. The molecular weight excluding hydrogens is 1460 g/mol. The van der Waals surface area contributed by atoms with Crippen molar-refractivity contribution in [1.82, 2.24) is 65.3 Å². The van der Waals surface area contributed by atoms with E-state index in [1.54, 1.807) is 64.4 Å². The maximum absolute atomic E-state index is 14.0. The second-order valence-corrected chi connectivity index (χ2v) is 32.3. The van der Waals surface area contributed by atoms with E-state index < -0.39 is 124 Å². The van der Waals surface area contributed by atoms with Gasteiger partial charge in [0.1, 0.15) is 55.9 Å². The minimum Gasteiger partial charge on any atom is -0.496 e. The number of carbonyl (C=O) groups is 6. The third-order valence-electron chi connectivity index (χ3n) is 19.9. The van der Waals surface area contributed by atoms with Crippen LogP contribution in [-0.2, 0) is 55.9 Å². The molecule has 5 N–H and O–H groups in total. The zero-order valence-corrected chi connectivity index (χ0v) is 61.2. The van der Waals surface area contributed by atoms with Crippen molar-refractivity contribution < 1.29 is 95.1 Å². The first-order chi connectivity index (χ1) is 50.0. The summed E-state index contributed by atoms with van der Waals surface area (Å²) in [6.07, 6.45) is 5.87. The molecule has 0 saturated heterocycles. The number of hydrogen-bond acceptors (Lipinski definition) is 19. The molecule has 4 fully saturated rings. The first-order valence-electron chi connectivity index (χ1n) is 34.2. The van der Waals surface area contributed by atoms with Crippen LogP contribution >= 0.6 is 11.6 Å². The van der Waals surface area contributed by atoms with Crippen molar-refractivity contribution in [1.29, 1.82) is 0 Å². The first kappa shape index (κ1) is 77.6. The number of halogens is 7. The molecule has 2 aliphatic heterocycles. The van der Waals surface area contributed by atoms with Crippen LogP contribution in [0, 0.1) is 18.8 Å². The van der Waals surface area contributed by atoms with Gasteiger partial charge < -0.3 is 54.2 Å². The highest BCUT2D eigenvalue weighted by Gasteiger charge is 2.65. The Morgan fingerprint density at radius 3 is 1.56 bits per heavy atom. The Balaban J connectivity index is 0.000000212. The highest BCUT2D eigenvalue weighted by Crippen LogP contribution is 2.51. The molecular formula is C69H80ClF6N13O15S2. The van der Waals surface area contributed by atoms with E-state index in [0.29, 0.717) is 92.1 Å². The van der Waals surface area contributed by atoms with E-state index in [4.69, 9.17) is 34.7 Å². The number of alkyl halides is 6. The molecule has 4 aliphatic carbocycles. The Morgan fingerprint density at radius 1 is 0.632 bits per heavy atom. The lowest BCUT2D eigenvalue weighted by Crippen LogP contribution is -2.58. The van der Waals surface area contributed by atoms with E-state index in [2.05, 4.69) is 46.2 Å². The number of methoxy groups -OCH3 is 2. The summed E-state index contributed by atoms with van der Waals surface area (Å²) < 4.78 is 162. The molecule has 7 amide bonds. The summed E-state index contributed by atoms with van der Waals surface area (Å²) in [5.74, 6) is -3.41. The standard InChI is InChI=1S/C35H41F3N6O8S.C34H39ClF3N7O7S/c1-21-25(50-4)11-10-23-26(19-28(40-29(21)23)44-17-12-27(42-44)35(36,37)38)51-18-13-24-30(45)41-34(31(46)52-53(48,49)33(2)14-15-33)20-22(34)9-7-5-6-8-16-43(3)32(47)39-24;1-32(13-14-32)53(49,50)43-30(47)33-19-20(33)8-6-4-5-7-15-44(2)31(48)39-22(29(46)41-33)12-17-52-24-18-26(45-16-11-25(42-45)34(36,37)38)40-28-21(24)9-10-23(51-3)27(28)35/h7,9-12,17,19,22,24H,5-6,8,13-16,18,20H2,1-4H3,(H,39,47)(H,41,45);6,8-11,16,18,20,22H,4-5,7,12-15,17,19H2,1-3H3,(H,39,48)(H,41,46)(H,43,47)/b9-7-;8-6-/t22-,24+,34-;20-,22+,33-/m11/s1. The van der Waals surface area contributed by atoms with Crippen molar-refractivity contribution in [3.8, 4) is 34.6 Å². The van der Waals surface area contributed by atoms with Crippen LogP contribution in [0.3, 0.4) is 0 Å². The number of nitrogens with zero attached hydrogens (tertiary/aromatic N) is 8. The summed E-state index contributed by atoms with van der Waals surface area (Å²) in [7, 11) is -2.23. The van der Waals surface area contributed by atoms with Crippen molar-refractivity contribution in [3.05, 3.63) is 107 Å². The number of aromatic nitrogens is 6. The molecule has 4 aromatic heterocycles. The average Bonchev–Trinajstić information content (AvgIpc) is 1.55. The summed E-state index contributed by atoms with van der Waals surface area (Å²) in [5, 5.41) is 19.0. The molecule has 6 aromatic rings. The summed E-state index contributed by atoms with van der Waals surface area (Å²) in [5.41, 5.74) is -4.37. The topological polar surface area (TPSA) is 345 Å². The lowest BCUT2D eigenvalue weighted by atomic mass is 10.1. The lowest BCUT2D eigenvalue weighted by molar-refractivity contribution is -0.142. The largest absolute Gasteiger partial charge is 0.496 e. The van der Waals surface area contributed by atoms with E-state index >= 15 is 0 Å². The van der Waals surface area contributed by atoms with Crippen LogP contribution in [0.5, 0.6) is 23.0 Å². The second kappa shape index (κ2) is 30.1. The molecule has 572 valence electrons. The number of sulfonamides is 1. The quantitative estimate of drug-likeness (QED) is 0.0304. The van der Waals surface area contributed by atoms with Gasteiger partial charge in [-0.1, -0.05) is 35.9 Å². The summed E-state index contributed by atoms with van der Waals surface area (Å²) >= 11 is 6.56. The number of pyridine rings is 2. The second-order valence-electron chi connectivity index (χ2n) is 27.7. The predicted octanol–water partition coefficient (Wildman–Crippen LogP) is 9.07. The van der Waals surface area contributed by atoms with Crippen LogP contribution in [0.4, 0.5) is 35.9 Å².